The van der Waals surface area contributed by atoms with Crippen LogP contribution in [0.5, 0.6) is 5.75 Å². The summed E-state index contributed by atoms with van der Waals surface area (Å²) in [4.78, 5) is 13.6. The molecule has 4 fully saturated rings. The third-order valence-electron chi connectivity index (χ3n) is 6.63. The second-order valence-corrected chi connectivity index (χ2v) is 9.79. The van der Waals surface area contributed by atoms with Crippen LogP contribution in [0.4, 0.5) is 0 Å². The summed E-state index contributed by atoms with van der Waals surface area (Å²) in [7, 11) is 0. The predicted molar refractivity (Wildman–Crippen MR) is 108 cm³/mol. The lowest BCUT2D eigenvalue weighted by Crippen LogP contribution is -2.55. The number of nitrogens with one attached hydrogen (secondary N) is 1. The average Bonchev–Trinajstić information content (AvgIpc) is 3.12. The van der Waals surface area contributed by atoms with E-state index < -0.39 is 0 Å². The van der Waals surface area contributed by atoms with Crippen molar-refractivity contribution in [3.05, 3.63) is 51.2 Å². The lowest BCUT2D eigenvalue weighted by molar-refractivity contribution is -0.0119. The third-order valence-corrected chi connectivity index (χ3v) is 7.92. The first-order valence-electron chi connectivity index (χ1n) is 9.91. The van der Waals surface area contributed by atoms with Gasteiger partial charge < -0.3 is 10.1 Å². The number of rotatable bonds is 5. The molecule has 3 nitrogen and oxygen atoms in total. The van der Waals surface area contributed by atoms with Crippen molar-refractivity contribution in [1.29, 1.82) is 0 Å². The fraction of sp³-hybridized carbons (Fsp3) is 0.500. The number of amides is 1. The van der Waals surface area contributed by atoms with Gasteiger partial charge in [0.05, 0.1) is 9.90 Å². The topological polar surface area (TPSA) is 38.3 Å². The Labute approximate surface area is 169 Å². The smallest absolute Gasteiger partial charge is 0.261 e. The van der Waals surface area contributed by atoms with E-state index in [1.807, 2.05) is 35.7 Å². The minimum Gasteiger partial charge on any atom is -0.487 e. The number of carbonyl (C=O) groups is 1. The molecule has 27 heavy (non-hydrogen) atoms. The molecule has 1 aromatic carbocycles. The number of ether oxygens (including phenoxy) is 1. The van der Waals surface area contributed by atoms with Crippen molar-refractivity contribution in [2.24, 2.45) is 23.7 Å². The van der Waals surface area contributed by atoms with Gasteiger partial charge in [-0.1, -0.05) is 23.7 Å². The molecule has 0 spiro atoms. The van der Waals surface area contributed by atoms with Gasteiger partial charge in [-0.25, -0.2) is 0 Å². The Morgan fingerprint density at radius 3 is 2.52 bits per heavy atom. The van der Waals surface area contributed by atoms with Gasteiger partial charge >= 0.3 is 0 Å². The maximum absolute atomic E-state index is 12.8. The molecule has 0 atom stereocenters. The molecule has 4 bridgehead atoms. The summed E-state index contributed by atoms with van der Waals surface area (Å²) in [6, 6.07) is 9.79. The fourth-order valence-corrected chi connectivity index (χ4v) is 6.67. The molecule has 4 aliphatic carbocycles. The van der Waals surface area contributed by atoms with Crippen LogP contribution in [0.25, 0.3) is 0 Å². The van der Waals surface area contributed by atoms with Gasteiger partial charge in [-0.05, 0) is 79.4 Å². The van der Waals surface area contributed by atoms with Crippen molar-refractivity contribution in [3.63, 3.8) is 0 Å². The first-order valence-corrected chi connectivity index (χ1v) is 11.2. The van der Waals surface area contributed by atoms with E-state index in [1.54, 1.807) is 0 Å². The van der Waals surface area contributed by atoms with Crippen LogP contribution < -0.4 is 10.1 Å². The molecule has 1 heterocycles. The Hall–Kier alpha value is -1.52. The predicted octanol–water partition coefficient (Wildman–Crippen LogP) is 5.54. The summed E-state index contributed by atoms with van der Waals surface area (Å²) in [5, 5.41) is 5.99. The zero-order valence-electron chi connectivity index (χ0n) is 15.2. The van der Waals surface area contributed by atoms with E-state index in [1.165, 1.54) is 43.4 Å². The van der Waals surface area contributed by atoms with Gasteiger partial charge in [-0.15, -0.1) is 11.3 Å². The van der Waals surface area contributed by atoms with Crippen LogP contribution in [-0.2, 0) is 6.61 Å². The minimum atomic E-state index is 0.0847. The molecule has 142 valence electrons. The van der Waals surface area contributed by atoms with Crippen LogP contribution in [0.3, 0.4) is 0 Å². The molecule has 2 aromatic rings. The highest BCUT2D eigenvalue weighted by atomic mass is 35.5. The highest BCUT2D eigenvalue weighted by molar-refractivity contribution is 7.12. The number of carbonyl (C=O) groups excluding carboxylic acids is 1. The third kappa shape index (κ3) is 3.50. The average molecular weight is 402 g/mol. The van der Waals surface area contributed by atoms with Gasteiger partial charge in [0.2, 0.25) is 0 Å². The van der Waals surface area contributed by atoms with E-state index in [2.05, 4.69) is 5.32 Å². The summed E-state index contributed by atoms with van der Waals surface area (Å²) < 4.78 is 5.79. The molecule has 0 unspecified atom stereocenters. The Balaban J connectivity index is 1.21. The van der Waals surface area contributed by atoms with E-state index in [9.17, 15) is 4.79 Å². The highest BCUT2D eigenvalue weighted by Gasteiger charge is 2.48. The molecule has 4 saturated carbocycles. The number of halogens is 1. The van der Waals surface area contributed by atoms with Crippen molar-refractivity contribution in [2.75, 3.05) is 0 Å². The van der Waals surface area contributed by atoms with Gasteiger partial charge in [0.15, 0.2) is 0 Å². The summed E-state index contributed by atoms with van der Waals surface area (Å²) in [5.41, 5.74) is 1.01. The highest BCUT2D eigenvalue weighted by Crippen LogP contribution is 2.53. The zero-order chi connectivity index (χ0) is 18.4. The maximum atomic E-state index is 12.8. The molecule has 0 radical (unpaired) electrons. The van der Waals surface area contributed by atoms with Crippen molar-refractivity contribution in [3.8, 4) is 5.75 Å². The standard InChI is InChI=1S/C22H24ClNO2S/c23-18-3-1-2-4-19(18)26-11-15-10-20(27-12-15)22(25)24-21-16-6-13-5-14(8-16)9-17(21)7-13/h1-4,10,12-14,16-17,21H,5-9,11H2,(H,24,25). The van der Waals surface area contributed by atoms with E-state index in [-0.39, 0.29) is 5.91 Å². The van der Waals surface area contributed by atoms with Crippen LogP contribution in [0, 0.1) is 23.7 Å². The molecule has 0 aliphatic heterocycles. The molecule has 1 aromatic heterocycles. The Morgan fingerprint density at radius 2 is 1.81 bits per heavy atom. The van der Waals surface area contributed by atoms with Crippen LogP contribution in [-0.4, -0.2) is 11.9 Å². The number of para-hydroxylation sites is 1. The molecule has 4 aliphatic rings. The summed E-state index contributed by atoms with van der Waals surface area (Å²) in [6.07, 6.45) is 6.71. The van der Waals surface area contributed by atoms with Crippen LogP contribution in [0.2, 0.25) is 5.02 Å². The first kappa shape index (κ1) is 17.6. The van der Waals surface area contributed by atoms with Crippen molar-refractivity contribution >= 4 is 28.8 Å². The van der Waals surface area contributed by atoms with Gasteiger partial charge in [0, 0.05) is 11.6 Å². The van der Waals surface area contributed by atoms with Gasteiger partial charge in [0.25, 0.3) is 5.91 Å². The van der Waals surface area contributed by atoms with E-state index in [4.69, 9.17) is 16.3 Å². The van der Waals surface area contributed by atoms with E-state index in [0.29, 0.717) is 35.3 Å². The molecular weight excluding hydrogens is 378 g/mol. The quantitative estimate of drug-likeness (QED) is 0.714. The van der Waals surface area contributed by atoms with Crippen molar-refractivity contribution < 1.29 is 9.53 Å². The summed E-state index contributed by atoms with van der Waals surface area (Å²) in [5.74, 6) is 4.01. The molecule has 6 rings (SSSR count). The van der Waals surface area contributed by atoms with Crippen LogP contribution in [0.15, 0.2) is 35.7 Å². The van der Waals surface area contributed by atoms with E-state index >= 15 is 0 Å². The molecule has 1 N–H and O–H groups in total. The van der Waals surface area contributed by atoms with Gasteiger partial charge in [-0.2, -0.15) is 0 Å². The van der Waals surface area contributed by atoms with Gasteiger partial charge in [-0.3, -0.25) is 4.79 Å². The largest absolute Gasteiger partial charge is 0.487 e. The Bertz CT molecular complexity index is 820. The lowest BCUT2D eigenvalue weighted by Gasteiger charge is -2.54. The second kappa shape index (κ2) is 7.14. The Morgan fingerprint density at radius 1 is 1.11 bits per heavy atom. The number of hydrogen-bond acceptors (Lipinski definition) is 3. The molecule has 5 heteroatoms. The minimum absolute atomic E-state index is 0.0847. The molecule has 1 amide bonds. The number of hydrogen-bond donors (Lipinski definition) is 1. The fourth-order valence-electron chi connectivity index (χ4n) is 5.68. The van der Waals surface area contributed by atoms with Crippen LogP contribution in [0.1, 0.15) is 47.3 Å². The van der Waals surface area contributed by atoms with Gasteiger partial charge in [0.1, 0.15) is 12.4 Å². The van der Waals surface area contributed by atoms with Crippen molar-refractivity contribution in [2.45, 2.75) is 44.8 Å². The monoisotopic (exact) mass is 401 g/mol. The first-order chi connectivity index (χ1) is 13.2. The Kier molecular flexibility index (Phi) is 4.65. The lowest BCUT2D eigenvalue weighted by atomic mass is 9.54. The summed E-state index contributed by atoms with van der Waals surface area (Å²) in [6.45, 7) is 0.422. The second-order valence-electron chi connectivity index (χ2n) is 8.47. The van der Waals surface area contributed by atoms with Crippen molar-refractivity contribution in [1.82, 2.24) is 5.32 Å². The SMILES string of the molecule is O=C(NC1C2CC3CC(C2)CC1C3)c1cc(COc2ccccc2Cl)cs1. The molecule has 0 saturated heterocycles. The number of benzene rings is 1. The normalized spacial score (nSPS) is 31.1. The molecular formula is C22H24ClNO2S. The van der Waals surface area contributed by atoms with E-state index in [0.717, 1.165) is 22.3 Å². The summed E-state index contributed by atoms with van der Waals surface area (Å²) >= 11 is 7.63. The van der Waals surface area contributed by atoms with Crippen LogP contribution >= 0.6 is 22.9 Å². The number of thiophene rings is 1. The maximum Gasteiger partial charge on any atom is 0.261 e. The zero-order valence-corrected chi connectivity index (χ0v) is 16.8.